The van der Waals surface area contributed by atoms with Crippen LogP contribution in [-0.2, 0) is 0 Å². The van der Waals surface area contributed by atoms with Crippen molar-refractivity contribution in [1.29, 1.82) is 5.26 Å². The quantitative estimate of drug-likeness (QED) is 0.600. The fourth-order valence-corrected chi connectivity index (χ4v) is 3.47. The zero-order chi connectivity index (χ0) is 20.2. The Morgan fingerprint density at radius 2 is 2.17 bits per heavy atom. The molecule has 8 nitrogen and oxygen atoms in total. The smallest absolute Gasteiger partial charge is 0.319 e. The predicted octanol–water partition coefficient (Wildman–Crippen LogP) is 2.52. The Bertz CT molecular complexity index is 1090. The van der Waals surface area contributed by atoms with Gasteiger partial charge in [-0.3, -0.25) is 0 Å². The molecule has 8 heteroatoms. The Labute approximate surface area is 167 Å². The number of hydrogen-bond donors (Lipinski definition) is 3. The molecule has 1 aliphatic rings. The third kappa shape index (κ3) is 3.63. The second-order valence-corrected chi connectivity index (χ2v) is 6.52. The Hall–Kier alpha value is -3.83. The number of benzene rings is 2. The molecule has 0 aliphatic carbocycles. The molecule has 4 rings (SSSR count). The fourth-order valence-electron chi connectivity index (χ4n) is 3.47. The number of amides is 2. The molecule has 1 atom stereocenters. The molecule has 2 amide bonds. The molecule has 1 aromatic heterocycles. The van der Waals surface area contributed by atoms with Gasteiger partial charge in [0.05, 0.1) is 48.2 Å². The van der Waals surface area contributed by atoms with E-state index in [-0.39, 0.29) is 19.3 Å². The summed E-state index contributed by atoms with van der Waals surface area (Å²) in [6.07, 6.45) is 3.58. The van der Waals surface area contributed by atoms with Crippen LogP contribution in [0.5, 0.6) is 5.75 Å². The summed E-state index contributed by atoms with van der Waals surface area (Å²) in [4.78, 5) is 16.7. The van der Waals surface area contributed by atoms with Crippen LogP contribution in [0, 0.1) is 11.3 Å². The number of nitrogens with zero attached hydrogens (tertiary/aromatic N) is 3. The SMILES string of the molecule is N#Cc1ccc(NC(=O)NCC2c3ccccc3-c3cncn32)c(OCCO)c1. The van der Waals surface area contributed by atoms with Crippen LogP contribution in [0.1, 0.15) is 17.2 Å². The topological polar surface area (TPSA) is 112 Å². The van der Waals surface area contributed by atoms with Crippen molar-refractivity contribution in [2.24, 2.45) is 0 Å². The number of rotatable bonds is 6. The summed E-state index contributed by atoms with van der Waals surface area (Å²) in [7, 11) is 0. The summed E-state index contributed by atoms with van der Waals surface area (Å²) in [5.41, 5.74) is 4.10. The minimum Gasteiger partial charge on any atom is -0.489 e. The van der Waals surface area contributed by atoms with Gasteiger partial charge in [0, 0.05) is 18.2 Å². The number of aliphatic hydroxyl groups is 1. The Balaban J connectivity index is 1.46. The first-order valence-electron chi connectivity index (χ1n) is 9.15. The van der Waals surface area contributed by atoms with Crippen molar-refractivity contribution < 1.29 is 14.6 Å². The van der Waals surface area contributed by atoms with Crippen molar-refractivity contribution in [3.63, 3.8) is 0 Å². The first-order chi connectivity index (χ1) is 14.2. The van der Waals surface area contributed by atoms with E-state index in [1.807, 2.05) is 41.1 Å². The lowest BCUT2D eigenvalue weighted by Gasteiger charge is -2.17. The van der Waals surface area contributed by atoms with Crippen molar-refractivity contribution in [3.8, 4) is 23.1 Å². The molecule has 0 saturated heterocycles. The highest BCUT2D eigenvalue weighted by Crippen LogP contribution is 2.38. The lowest BCUT2D eigenvalue weighted by atomic mass is 10.0. The van der Waals surface area contributed by atoms with E-state index in [9.17, 15) is 4.79 Å². The van der Waals surface area contributed by atoms with Gasteiger partial charge in [-0.1, -0.05) is 24.3 Å². The number of aromatic nitrogens is 2. The lowest BCUT2D eigenvalue weighted by Crippen LogP contribution is -2.33. The van der Waals surface area contributed by atoms with Crippen LogP contribution in [0.25, 0.3) is 11.3 Å². The Morgan fingerprint density at radius 3 is 3.00 bits per heavy atom. The summed E-state index contributed by atoms with van der Waals surface area (Å²) in [6, 6.07) is 14.4. The molecular formula is C21H19N5O3. The first-order valence-corrected chi connectivity index (χ1v) is 9.15. The number of carbonyl (C=O) groups excluding carboxylic acids is 1. The number of ether oxygens (including phenoxy) is 1. The molecule has 2 aromatic carbocycles. The predicted molar refractivity (Wildman–Crippen MR) is 107 cm³/mol. The lowest BCUT2D eigenvalue weighted by molar-refractivity contribution is 0.202. The van der Waals surface area contributed by atoms with Gasteiger partial charge in [0.15, 0.2) is 0 Å². The van der Waals surface area contributed by atoms with Crippen molar-refractivity contribution in [2.45, 2.75) is 6.04 Å². The van der Waals surface area contributed by atoms with Gasteiger partial charge in [0.25, 0.3) is 0 Å². The third-order valence-electron chi connectivity index (χ3n) is 4.76. The standard InChI is InChI=1S/C21H19N5O3/c22-10-14-5-6-17(20(9-14)29-8-7-27)25-21(28)24-12-19-16-4-2-1-3-15(16)18-11-23-13-26(18)19/h1-6,9,11,13,19,27H,7-8,12H2,(H2,24,25,28). The van der Waals surface area contributed by atoms with Gasteiger partial charge < -0.3 is 25.0 Å². The number of carbonyl (C=O) groups is 1. The maximum atomic E-state index is 12.5. The van der Waals surface area contributed by atoms with E-state index in [1.54, 1.807) is 18.5 Å². The second-order valence-electron chi connectivity index (χ2n) is 6.52. The molecule has 29 heavy (non-hydrogen) atoms. The Kier molecular flexibility index (Phi) is 5.14. The van der Waals surface area contributed by atoms with E-state index in [2.05, 4.69) is 15.6 Å². The van der Waals surface area contributed by atoms with E-state index in [4.69, 9.17) is 15.1 Å². The second kappa shape index (κ2) is 8.04. The molecule has 3 N–H and O–H groups in total. The molecule has 0 saturated carbocycles. The van der Waals surface area contributed by atoms with Gasteiger partial charge in [0.2, 0.25) is 0 Å². The molecule has 0 bridgehead atoms. The molecule has 0 fully saturated rings. The van der Waals surface area contributed by atoms with Crippen LogP contribution < -0.4 is 15.4 Å². The van der Waals surface area contributed by atoms with Gasteiger partial charge in [-0.2, -0.15) is 5.26 Å². The molecule has 3 aromatic rings. The van der Waals surface area contributed by atoms with Crippen LogP contribution in [0.4, 0.5) is 10.5 Å². The van der Waals surface area contributed by atoms with E-state index in [0.29, 0.717) is 23.5 Å². The molecule has 1 unspecified atom stereocenters. The first kappa shape index (κ1) is 18.5. The number of nitriles is 1. The number of anilines is 1. The maximum Gasteiger partial charge on any atom is 0.319 e. The van der Waals surface area contributed by atoms with Crippen LogP contribution in [-0.4, -0.2) is 40.4 Å². The number of nitrogens with one attached hydrogen (secondary N) is 2. The third-order valence-corrected chi connectivity index (χ3v) is 4.76. The summed E-state index contributed by atoms with van der Waals surface area (Å²) in [6.45, 7) is 0.277. The zero-order valence-electron chi connectivity index (χ0n) is 15.5. The molecular weight excluding hydrogens is 370 g/mol. The molecule has 2 heterocycles. The molecule has 1 aliphatic heterocycles. The van der Waals surface area contributed by atoms with E-state index in [1.165, 1.54) is 6.07 Å². The van der Waals surface area contributed by atoms with Crippen LogP contribution in [0.3, 0.4) is 0 Å². The number of imidazole rings is 1. The molecule has 0 radical (unpaired) electrons. The largest absolute Gasteiger partial charge is 0.489 e. The number of urea groups is 1. The van der Waals surface area contributed by atoms with Crippen molar-refractivity contribution in [3.05, 3.63) is 66.1 Å². The minimum atomic E-state index is -0.394. The highest BCUT2D eigenvalue weighted by Gasteiger charge is 2.28. The summed E-state index contributed by atoms with van der Waals surface area (Å²) in [5.74, 6) is 0.330. The minimum absolute atomic E-state index is 0.0412. The highest BCUT2D eigenvalue weighted by atomic mass is 16.5. The summed E-state index contributed by atoms with van der Waals surface area (Å²) >= 11 is 0. The van der Waals surface area contributed by atoms with Gasteiger partial charge >= 0.3 is 6.03 Å². The van der Waals surface area contributed by atoms with Crippen molar-refractivity contribution >= 4 is 11.7 Å². The van der Waals surface area contributed by atoms with Gasteiger partial charge in [-0.15, -0.1) is 0 Å². The van der Waals surface area contributed by atoms with Gasteiger partial charge in [-0.25, -0.2) is 9.78 Å². The van der Waals surface area contributed by atoms with Crippen molar-refractivity contribution in [1.82, 2.24) is 14.9 Å². The van der Waals surface area contributed by atoms with Crippen LogP contribution >= 0.6 is 0 Å². The average Bonchev–Trinajstić information content (AvgIpc) is 3.33. The highest BCUT2D eigenvalue weighted by molar-refractivity contribution is 5.91. The summed E-state index contributed by atoms with van der Waals surface area (Å²) in [5, 5.41) is 23.7. The van der Waals surface area contributed by atoms with E-state index < -0.39 is 6.03 Å². The number of fused-ring (bicyclic) bond motifs is 3. The number of hydrogen-bond acceptors (Lipinski definition) is 5. The Morgan fingerprint density at radius 1 is 1.31 bits per heavy atom. The van der Waals surface area contributed by atoms with Crippen LogP contribution in [0.2, 0.25) is 0 Å². The van der Waals surface area contributed by atoms with E-state index >= 15 is 0 Å². The van der Waals surface area contributed by atoms with Gasteiger partial charge in [-0.05, 0) is 17.7 Å². The van der Waals surface area contributed by atoms with Crippen LogP contribution in [0.15, 0.2) is 55.0 Å². The maximum absolute atomic E-state index is 12.5. The molecule has 146 valence electrons. The number of aliphatic hydroxyl groups excluding tert-OH is 1. The average molecular weight is 389 g/mol. The summed E-state index contributed by atoms with van der Waals surface area (Å²) < 4.78 is 7.48. The van der Waals surface area contributed by atoms with Crippen molar-refractivity contribution in [2.75, 3.05) is 25.1 Å². The van der Waals surface area contributed by atoms with Gasteiger partial charge in [0.1, 0.15) is 12.4 Å². The van der Waals surface area contributed by atoms with E-state index in [0.717, 1.165) is 16.8 Å². The fraction of sp³-hybridized carbons (Fsp3) is 0.190. The zero-order valence-corrected chi connectivity index (χ0v) is 15.5. The monoisotopic (exact) mass is 389 g/mol. The molecule has 0 spiro atoms. The normalized spacial score (nSPS) is 13.9.